The summed E-state index contributed by atoms with van der Waals surface area (Å²) < 4.78 is 0. The van der Waals surface area contributed by atoms with Crippen molar-refractivity contribution in [2.45, 2.75) is 51.0 Å². The summed E-state index contributed by atoms with van der Waals surface area (Å²) in [6.07, 6.45) is 4.89. The molecule has 1 aromatic carbocycles. The molecule has 0 radical (unpaired) electrons. The van der Waals surface area contributed by atoms with E-state index >= 15 is 0 Å². The molecule has 0 spiro atoms. The first kappa shape index (κ1) is 16.5. The maximum Gasteiger partial charge on any atom is 0.303 e. The van der Waals surface area contributed by atoms with E-state index in [2.05, 4.69) is 10.6 Å². The smallest absolute Gasteiger partial charge is 0.303 e. The summed E-state index contributed by atoms with van der Waals surface area (Å²) in [7, 11) is 0. The summed E-state index contributed by atoms with van der Waals surface area (Å²) in [5.41, 5.74) is 0.800. The van der Waals surface area contributed by atoms with Gasteiger partial charge in [-0.15, -0.1) is 0 Å². The van der Waals surface area contributed by atoms with Crippen molar-refractivity contribution in [1.29, 1.82) is 0 Å². The second-order valence-electron chi connectivity index (χ2n) is 6.97. The third-order valence-electron chi connectivity index (χ3n) is 4.82. The number of nitrogens with one attached hydrogen (secondary N) is 2. The molecule has 0 bridgehead atoms. The van der Waals surface area contributed by atoms with Crippen LogP contribution in [0.25, 0.3) is 0 Å². The number of hydrogen-bond acceptors (Lipinski definition) is 3. The fourth-order valence-corrected chi connectivity index (χ4v) is 3.16. The average molecular weight is 330 g/mol. The Bertz CT molecular complexity index is 645. The van der Waals surface area contributed by atoms with Crippen molar-refractivity contribution in [3.8, 4) is 0 Å². The molecule has 0 heterocycles. The number of amides is 2. The number of hydrogen-bond donors (Lipinski definition) is 3. The van der Waals surface area contributed by atoms with E-state index in [0.29, 0.717) is 17.3 Å². The zero-order chi connectivity index (χ0) is 17.2. The van der Waals surface area contributed by atoms with Crippen LogP contribution in [0, 0.1) is 5.41 Å². The van der Waals surface area contributed by atoms with Crippen molar-refractivity contribution in [1.82, 2.24) is 5.32 Å². The Morgan fingerprint density at radius 3 is 2.25 bits per heavy atom. The number of carbonyl (C=O) groups is 3. The number of anilines is 1. The van der Waals surface area contributed by atoms with Crippen LogP contribution in [0.4, 0.5) is 5.69 Å². The molecule has 0 saturated heterocycles. The van der Waals surface area contributed by atoms with Gasteiger partial charge in [0.15, 0.2) is 0 Å². The van der Waals surface area contributed by atoms with Crippen molar-refractivity contribution in [2.24, 2.45) is 5.41 Å². The highest BCUT2D eigenvalue weighted by atomic mass is 16.4. The molecule has 0 atom stereocenters. The minimum absolute atomic E-state index is 0.0424. The maximum absolute atomic E-state index is 12.2. The van der Waals surface area contributed by atoms with Gasteiger partial charge in [0, 0.05) is 23.7 Å². The Morgan fingerprint density at radius 1 is 1.08 bits per heavy atom. The van der Waals surface area contributed by atoms with Crippen molar-refractivity contribution >= 4 is 23.5 Å². The molecule has 6 heteroatoms. The molecule has 2 saturated carbocycles. The molecule has 0 aliphatic heterocycles. The maximum atomic E-state index is 12.2. The van der Waals surface area contributed by atoms with Gasteiger partial charge in [0.25, 0.3) is 5.91 Å². The van der Waals surface area contributed by atoms with E-state index in [1.165, 1.54) is 0 Å². The van der Waals surface area contributed by atoms with E-state index in [9.17, 15) is 14.4 Å². The lowest BCUT2D eigenvalue weighted by molar-refractivity contribution is -0.142. The van der Waals surface area contributed by atoms with Crippen LogP contribution in [-0.2, 0) is 9.59 Å². The van der Waals surface area contributed by atoms with E-state index in [0.717, 1.165) is 32.1 Å². The molecule has 128 valence electrons. The topological polar surface area (TPSA) is 95.5 Å². The highest BCUT2D eigenvalue weighted by Gasteiger charge is 2.40. The van der Waals surface area contributed by atoms with Crippen molar-refractivity contribution in [3.63, 3.8) is 0 Å². The van der Waals surface area contributed by atoms with Gasteiger partial charge < -0.3 is 15.7 Å². The Labute approximate surface area is 140 Å². The summed E-state index contributed by atoms with van der Waals surface area (Å²) in [5, 5.41) is 14.7. The Morgan fingerprint density at radius 2 is 1.75 bits per heavy atom. The van der Waals surface area contributed by atoms with Crippen LogP contribution in [0.3, 0.4) is 0 Å². The highest BCUT2D eigenvalue weighted by Crippen LogP contribution is 2.47. The molecule has 0 unspecified atom stereocenters. The predicted octanol–water partition coefficient (Wildman–Crippen LogP) is 2.55. The molecule has 3 rings (SSSR count). The third-order valence-corrected chi connectivity index (χ3v) is 4.82. The number of rotatable bonds is 7. The summed E-state index contributed by atoms with van der Waals surface area (Å²) in [5.74, 6) is -1.12. The zero-order valence-electron chi connectivity index (χ0n) is 13.5. The summed E-state index contributed by atoms with van der Waals surface area (Å²) in [6, 6.07) is 7.08. The number of carboxylic acids is 1. The Kier molecular flexibility index (Phi) is 4.55. The largest absolute Gasteiger partial charge is 0.481 e. The lowest BCUT2D eigenvalue weighted by Gasteiger charge is -2.40. The van der Waals surface area contributed by atoms with Crippen molar-refractivity contribution in [3.05, 3.63) is 29.8 Å². The fourth-order valence-electron chi connectivity index (χ4n) is 3.16. The number of carbonyl (C=O) groups excluding carboxylic acids is 2. The summed E-state index contributed by atoms with van der Waals surface area (Å²) >= 11 is 0. The average Bonchev–Trinajstić information content (AvgIpc) is 3.29. The number of benzene rings is 1. The molecule has 2 fully saturated rings. The molecule has 2 aliphatic rings. The van der Waals surface area contributed by atoms with Gasteiger partial charge in [-0.05, 0) is 55.4 Å². The number of carboxylic acid groups (broad SMARTS) is 1. The molecule has 1 aromatic rings. The standard InChI is InChI=1S/C18H22N2O4/c21-15(10-18(8-1-9-18)11-16(22)23)19-13-4-2-12(3-5-13)17(24)20-14-6-7-14/h2-5,14H,1,6-11H2,(H,19,21)(H,20,24)(H,22,23). The fraction of sp³-hybridized carbons (Fsp3) is 0.500. The van der Waals surface area contributed by atoms with Crippen molar-refractivity contribution in [2.75, 3.05) is 5.32 Å². The monoisotopic (exact) mass is 330 g/mol. The van der Waals surface area contributed by atoms with Crippen LogP contribution >= 0.6 is 0 Å². The van der Waals surface area contributed by atoms with E-state index in [1.807, 2.05) is 0 Å². The van der Waals surface area contributed by atoms with Crippen LogP contribution < -0.4 is 10.6 Å². The molecule has 2 aliphatic carbocycles. The second-order valence-corrected chi connectivity index (χ2v) is 6.97. The summed E-state index contributed by atoms with van der Waals surface area (Å²) in [6.45, 7) is 0. The molecular formula is C18H22N2O4. The Balaban J connectivity index is 1.54. The molecule has 24 heavy (non-hydrogen) atoms. The lowest BCUT2D eigenvalue weighted by atomic mass is 9.64. The van der Waals surface area contributed by atoms with Gasteiger partial charge in [-0.2, -0.15) is 0 Å². The second kappa shape index (κ2) is 6.63. The van der Waals surface area contributed by atoms with Gasteiger partial charge in [-0.3, -0.25) is 14.4 Å². The van der Waals surface area contributed by atoms with Crippen LogP contribution in [0.1, 0.15) is 55.3 Å². The highest BCUT2D eigenvalue weighted by molar-refractivity contribution is 5.96. The number of aliphatic carboxylic acids is 1. The first-order valence-electron chi connectivity index (χ1n) is 8.38. The van der Waals surface area contributed by atoms with Gasteiger partial charge >= 0.3 is 5.97 Å². The molecular weight excluding hydrogens is 308 g/mol. The van der Waals surface area contributed by atoms with Crippen LogP contribution in [0.2, 0.25) is 0 Å². The molecule has 3 N–H and O–H groups in total. The van der Waals surface area contributed by atoms with E-state index in [1.54, 1.807) is 24.3 Å². The predicted molar refractivity (Wildman–Crippen MR) is 88.7 cm³/mol. The van der Waals surface area contributed by atoms with E-state index < -0.39 is 5.97 Å². The molecule has 6 nitrogen and oxygen atoms in total. The van der Waals surface area contributed by atoms with Crippen molar-refractivity contribution < 1.29 is 19.5 Å². The van der Waals surface area contributed by atoms with Gasteiger partial charge in [0.2, 0.25) is 5.91 Å². The lowest BCUT2D eigenvalue weighted by Crippen LogP contribution is -2.36. The van der Waals surface area contributed by atoms with Crippen LogP contribution in [0.5, 0.6) is 0 Å². The van der Waals surface area contributed by atoms with E-state index in [-0.39, 0.29) is 30.1 Å². The molecule has 0 aromatic heterocycles. The van der Waals surface area contributed by atoms with Gasteiger partial charge in [-0.1, -0.05) is 6.42 Å². The first-order valence-corrected chi connectivity index (χ1v) is 8.38. The summed E-state index contributed by atoms with van der Waals surface area (Å²) in [4.78, 5) is 35.1. The van der Waals surface area contributed by atoms with Gasteiger partial charge in [0.1, 0.15) is 0 Å². The Hall–Kier alpha value is -2.37. The SMILES string of the molecule is O=C(O)CC1(CC(=O)Nc2ccc(C(=O)NC3CC3)cc2)CCC1. The molecule has 2 amide bonds. The minimum Gasteiger partial charge on any atom is -0.481 e. The third kappa shape index (κ3) is 4.13. The first-order chi connectivity index (χ1) is 11.5. The van der Waals surface area contributed by atoms with Gasteiger partial charge in [-0.25, -0.2) is 0 Å². The quantitative estimate of drug-likeness (QED) is 0.716. The van der Waals surface area contributed by atoms with E-state index in [4.69, 9.17) is 5.11 Å². The zero-order valence-corrected chi connectivity index (χ0v) is 13.5. The van der Waals surface area contributed by atoms with Gasteiger partial charge in [0.05, 0.1) is 6.42 Å². The minimum atomic E-state index is -0.853. The van der Waals surface area contributed by atoms with Crippen LogP contribution in [0.15, 0.2) is 24.3 Å². The normalized spacial score (nSPS) is 18.3. The van der Waals surface area contributed by atoms with Crippen LogP contribution in [-0.4, -0.2) is 28.9 Å².